The highest BCUT2D eigenvalue weighted by atomic mass is 19.1. The minimum atomic E-state index is -1.63. The maximum Gasteiger partial charge on any atom is 0.255 e. The number of hydrogen-bond donors (Lipinski definition) is 3. The molecule has 0 bridgehead atoms. The lowest BCUT2D eigenvalue weighted by Crippen LogP contribution is -2.42. The number of nitrogens with zero attached hydrogens (tertiary/aromatic N) is 5. The van der Waals surface area contributed by atoms with E-state index in [1.807, 2.05) is 6.07 Å². The van der Waals surface area contributed by atoms with E-state index in [1.165, 1.54) is 37.0 Å². The zero-order valence-electron chi connectivity index (χ0n) is 15.2. The number of hydrogen-bond acceptors (Lipinski definition) is 7. The molecule has 4 N–H and O–H groups in total. The van der Waals surface area contributed by atoms with Crippen LogP contribution in [0.1, 0.15) is 29.8 Å². The Morgan fingerprint density at radius 1 is 1.39 bits per heavy atom. The Bertz CT molecular complexity index is 1080. The van der Waals surface area contributed by atoms with Crippen molar-refractivity contribution < 1.29 is 14.3 Å². The average molecular weight is 383 g/mol. The maximum atomic E-state index is 13.8. The van der Waals surface area contributed by atoms with Gasteiger partial charge in [-0.05, 0) is 19.9 Å². The third kappa shape index (κ3) is 3.74. The average Bonchev–Trinajstić information content (AvgIpc) is 3.07. The van der Waals surface area contributed by atoms with E-state index in [0.29, 0.717) is 22.4 Å². The number of nitrogens with two attached hydrogens (primary N) is 1. The molecule has 1 atom stereocenters. The fourth-order valence-electron chi connectivity index (χ4n) is 2.44. The number of amides is 1. The smallest absolute Gasteiger partial charge is 0.255 e. The minimum Gasteiger partial charge on any atom is -0.398 e. The Morgan fingerprint density at radius 3 is 2.79 bits per heavy atom. The largest absolute Gasteiger partial charge is 0.398 e. The fourth-order valence-corrected chi connectivity index (χ4v) is 2.44. The van der Waals surface area contributed by atoms with Crippen molar-refractivity contribution in [2.24, 2.45) is 0 Å². The number of pyridine rings is 2. The summed E-state index contributed by atoms with van der Waals surface area (Å²) in [5.74, 6) is -0.272. The summed E-state index contributed by atoms with van der Waals surface area (Å²) in [6.45, 7) is 2.27. The van der Waals surface area contributed by atoms with E-state index in [0.717, 1.165) is 0 Å². The van der Waals surface area contributed by atoms with Crippen LogP contribution in [0.15, 0.2) is 30.7 Å². The van der Waals surface area contributed by atoms with Gasteiger partial charge in [0.15, 0.2) is 11.5 Å². The predicted molar refractivity (Wildman–Crippen MR) is 99.3 cm³/mol. The number of alkyl halides is 1. The minimum absolute atomic E-state index is 0.0721. The lowest BCUT2D eigenvalue weighted by molar-refractivity contribution is -0.00177. The van der Waals surface area contributed by atoms with Crippen LogP contribution in [0.4, 0.5) is 10.1 Å². The first-order valence-corrected chi connectivity index (χ1v) is 8.35. The summed E-state index contributed by atoms with van der Waals surface area (Å²) in [6, 6.07) is 5.10. The Balaban J connectivity index is 1.83. The van der Waals surface area contributed by atoms with Crippen LogP contribution in [0, 0.1) is 11.3 Å². The van der Waals surface area contributed by atoms with Gasteiger partial charge in [0.25, 0.3) is 5.91 Å². The van der Waals surface area contributed by atoms with Gasteiger partial charge >= 0.3 is 0 Å². The normalized spacial score (nSPS) is 12.5. The maximum absolute atomic E-state index is 13.8. The van der Waals surface area contributed by atoms with Crippen molar-refractivity contribution in [1.82, 2.24) is 25.1 Å². The van der Waals surface area contributed by atoms with Crippen molar-refractivity contribution >= 4 is 22.6 Å². The first-order valence-electron chi connectivity index (χ1n) is 8.35. The van der Waals surface area contributed by atoms with Crippen LogP contribution >= 0.6 is 0 Å². The fraction of sp³-hybridized carbons (Fsp3) is 0.278. The molecule has 0 spiro atoms. The Kier molecular flexibility index (Phi) is 4.94. The molecule has 0 aliphatic heterocycles. The van der Waals surface area contributed by atoms with Crippen molar-refractivity contribution in [3.8, 4) is 11.9 Å². The van der Waals surface area contributed by atoms with Gasteiger partial charge in [0.1, 0.15) is 12.2 Å². The van der Waals surface area contributed by atoms with Crippen molar-refractivity contribution in [2.45, 2.75) is 25.6 Å². The summed E-state index contributed by atoms with van der Waals surface area (Å²) in [7, 11) is 0. The zero-order chi connectivity index (χ0) is 20.5. The topological polar surface area (TPSA) is 143 Å². The quantitative estimate of drug-likeness (QED) is 0.599. The van der Waals surface area contributed by atoms with Gasteiger partial charge in [-0.25, -0.2) is 14.4 Å². The molecule has 0 aliphatic rings. The van der Waals surface area contributed by atoms with E-state index in [4.69, 9.17) is 11.0 Å². The van der Waals surface area contributed by atoms with Gasteiger partial charge in [0, 0.05) is 29.5 Å². The van der Waals surface area contributed by atoms with E-state index < -0.39 is 17.7 Å². The van der Waals surface area contributed by atoms with E-state index in [9.17, 15) is 14.3 Å². The predicted octanol–water partition coefficient (Wildman–Crippen LogP) is 1.11. The van der Waals surface area contributed by atoms with Gasteiger partial charge in [-0.15, -0.1) is 0 Å². The Hall–Kier alpha value is -3.58. The second kappa shape index (κ2) is 7.21. The Morgan fingerprint density at radius 2 is 2.14 bits per heavy atom. The molecule has 28 heavy (non-hydrogen) atoms. The van der Waals surface area contributed by atoms with Crippen LogP contribution < -0.4 is 11.1 Å². The summed E-state index contributed by atoms with van der Waals surface area (Å²) >= 11 is 0. The standard InChI is InChI=1S/C18H18FN7O2/c1-18(2,28)14(19)9-24-17(27)12-8-22-15(4-13(12)21)26-16-11(7-25-26)3-10(5-20)6-23-16/h3-4,6-8,14,28H,9H2,1-2H3,(H2,21,22)(H,24,27). The second-order valence-corrected chi connectivity index (χ2v) is 6.77. The molecular formula is C18H18FN7O2. The number of nitrogens with one attached hydrogen (secondary N) is 1. The third-order valence-corrected chi connectivity index (χ3v) is 4.13. The monoisotopic (exact) mass is 383 g/mol. The molecule has 3 rings (SSSR count). The first kappa shape index (κ1) is 19.2. The molecule has 9 nitrogen and oxygen atoms in total. The number of nitriles is 1. The molecule has 3 aromatic heterocycles. The molecular weight excluding hydrogens is 365 g/mol. The lowest BCUT2D eigenvalue weighted by Gasteiger charge is -2.22. The number of aliphatic hydroxyl groups is 1. The van der Waals surface area contributed by atoms with E-state index >= 15 is 0 Å². The molecule has 3 aromatic rings. The second-order valence-electron chi connectivity index (χ2n) is 6.77. The lowest BCUT2D eigenvalue weighted by atomic mass is 10.0. The molecule has 0 aromatic carbocycles. The van der Waals surface area contributed by atoms with E-state index in [1.54, 1.807) is 12.3 Å². The van der Waals surface area contributed by atoms with Crippen molar-refractivity contribution in [3.05, 3.63) is 41.9 Å². The summed E-state index contributed by atoms with van der Waals surface area (Å²) in [5.41, 5.74) is 5.47. The number of carbonyl (C=O) groups excluding carboxylic acids is 1. The molecule has 0 fully saturated rings. The molecule has 1 amide bonds. The number of halogens is 1. The highest BCUT2D eigenvalue weighted by Gasteiger charge is 2.27. The van der Waals surface area contributed by atoms with Crippen LogP contribution in [0.2, 0.25) is 0 Å². The molecule has 1 unspecified atom stereocenters. The number of carbonyl (C=O) groups is 1. The molecule has 0 aliphatic carbocycles. The number of fused-ring (bicyclic) bond motifs is 1. The first-order chi connectivity index (χ1) is 13.2. The van der Waals surface area contributed by atoms with Crippen LogP contribution in [0.3, 0.4) is 0 Å². The van der Waals surface area contributed by atoms with Crippen molar-refractivity contribution in [1.29, 1.82) is 5.26 Å². The van der Waals surface area contributed by atoms with Crippen molar-refractivity contribution in [3.63, 3.8) is 0 Å². The van der Waals surface area contributed by atoms with Crippen LogP contribution in [-0.2, 0) is 0 Å². The zero-order valence-corrected chi connectivity index (χ0v) is 15.2. The number of rotatable bonds is 5. The summed E-state index contributed by atoms with van der Waals surface area (Å²) < 4.78 is 15.2. The number of aromatic nitrogens is 4. The Labute approximate surface area is 159 Å². The van der Waals surface area contributed by atoms with Crippen LogP contribution in [-0.4, -0.2) is 49.1 Å². The molecule has 0 saturated carbocycles. The highest BCUT2D eigenvalue weighted by molar-refractivity contribution is 5.99. The van der Waals surface area contributed by atoms with Gasteiger partial charge in [0.05, 0.1) is 29.5 Å². The highest BCUT2D eigenvalue weighted by Crippen LogP contribution is 2.19. The van der Waals surface area contributed by atoms with Gasteiger partial charge in [-0.3, -0.25) is 4.79 Å². The number of anilines is 1. The van der Waals surface area contributed by atoms with Gasteiger partial charge in [-0.1, -0.05) is 0 Å². The van der Waals surface area contributed by atoms with Crippen molar-refractivity contribution in [2.75, 3.05) is 12.3 Å². The van der Waals surface area contributed by atoms with E-state index in [-0.39, 0.29) is 17.8 Å². The summed E-state index contributed by atoms with van der Waals surface area (Å²) in [4.78, 5) is 20.6. The van der Waals surface area contributed by atoms with Gasteiger partial charge < -0.3 is 16.2 Å². The van der Waals surface area contributed by atoms with Crippen LogP contribution in [0.5, 0.6) is 0 Å². The molecule has 10 heteroatoms. The van der Waals surface area contributed by atoms with E-state index in [2.05, 4.69) is 20.4 Å². The summed E-state index contributed by atoms with van der Waals surface area (Å²) in [6.07, 6.45) is 2.58. The molecule has 0 radical (unpaired) electrons. The third-order valence-electron chi connectivity index (χ3n) is 4.13. The summed E-state index contributed by atoms with van der Waals surface area (Å²) in [5, 5.41) is 25.8. The molecule has 3 heterocycles. The van der Waals surface area contributed by atoms with Crippen LogP contribution in [0.25, 0.3) is 16.9 Å². The number of nitrogen functional groups attached to an aromatic ring is 1. The van der Waals surface area contributed by atoms with Gasteiger partial charge in [0.2, 0.25) is 0 Å². The molecule has 0 saturated heterocycles. The van der Waals surface area contributed by atoms with Gasteiger partial charge in [-0.2, -0.15) is 15.0 Å². The molecule has 144 valence electrons. The SMILES string of the molecule is CC(C)(O)C(F)CNC(=O)c1cnc(-n2ncc3cc(C#N)cnc32)cc1N.